The molecular formula is C13H9Cl2NO3. The molecule has 0 saturated carbocycles. The van der Waals surface area contributed by atoms with Crippen LogP contribution in [0.15, 0.2) is 30.3 Å². The van der Waals surface area contributed by atoms with E-state index >= 15 is 0 Å². The normalized spacial score (nSPS) is 10.3. The number of halogens is 2. The van der Waals surface area contributed by atoms with Crippen molar-refractivity contribution in [3.8, 4) is 11.6 Å². The van der Waals surface area contributed by atoms with Gasteiger partial charge in [0.05, 0.1) is 10.6 Å². The van der Waals surface area contributed by atoms with Crippen molar-refractivity contribution in [1.29, 1.82) is 0 Å². The monoisotopic (exact) mass is 297 g/mol. The van der Waals surface area contributed by atoms with Gasteiger partial charge in [-0.3, -0.25) is 0 Å². The Morgan fingerprint density at radius 3 is 2.68 bits per heavy atom. The summed E-state index contributed by atoms with van der Waals surface area (Å²) in [4.78, 5) is 15.0. The minimum atomic E-state index is -1.05. The van der Waals surface area contributed by atoms with Crippen molar-refractivity contribution < 1.29 is 14.6 Å². The number of benzene rings is 1. The highest BCUT2D eigenvalue weighted by atomic mass is 35.5. The topological polar surface area (TPSA) is 59.4 Å². The van der Waals surface area contributed by atoms with Crippen LogP contribution in [-0.4, -0.2) is 16.1 Å². The zero-order valence-electron chi connectivity index (χ0n) is 9.85. The van der Waals surface area contributed by atoms with E-state index in [0.29, 0.717) is 21.5 Å². The number of carboxylic acid groups (broad SMARTS) is 1. The van der Waals surface area contributed by atoms with Crippen LogP contribution in [0.25, 0.3) is 0 Å². The van der Waals surface area contributed by atoms with Gasteiger partial charge in [0, 0.05) is 22.8 Å². The Kier molecular flexibility index (Phi) is 3.93. The number of ether oxygens (including phenoxy) is 1. The Morgan fingerprint density at radius 1 is 1.26 bits per heavy atom. The predicted molar refractivity (Wildman–Crippen MR) is 72.5 cm³/mol. The molecule has 0 atom stereocenters. The lowest BCUT2D eigenvalue weighted by molar-refractivity contribution is 0.0696. The molecule has 19 heavy (non-hydrogen) atoms. The fraction of sp³-hybridized carbons (Fsp3) is 0.0769. The minimum absolute atomic E-state index is 0.0978. The molecule has 98 valence electrons. The Bertz CT molecular complexity index is 644. The van der Waals surface area contributed by atoms with Crippen molar-refractivity contribution in [3.63, 3.8) is 0 Å². The first-order valence-electron chi connectivity index (χ1n) is 5.30. The SMILES string of the molecule is Cc1cc(C(=O)O)cc(Oc2cc(Cl)ccc2Cl)n1. The molecule has 0 radical (unpaired) electrons. The van der Waals surface area contributed by atoms with E-state index in [1.165, 1.54) is 18.2 Å². The average Bonchev–Trinajstić information content (AvgIpc) is 2.33. The van der Waals surface area contributed by atoms with Gasteiger partial charge in [-0.2, -0.15) is 0 Å². The van der Waals surface area contributed by atoms with Crippen LogP contribution in [-0.2, 0) is 0 Å². The number of pyridine rings is 1. The maximum Gasteiger partial charge on any atom is 0.335 e. The van der Waals surface area contributed by atoms with Crippen molar-refractivity contribution in [2.75, 3.05) is 0 Å². The van der Waals surface area contributed by atoms with Crippen molar-refractivity contribution >= 4 is 29.2 Å². The first-order valence-corrected chi connectivity index (χ1v) is 6.06. The van der Waals surface area contributed by atoms with Crippen molar-refractivity contribution in [3.05, 3.63) is 51.6 Å². The van der Waals surface area contributed by atoms with Gasteiger partial charge in [0.25, 0.3) is 0 Å². The molecule has 0 spiro atoms. The molecule has 1 heterocycles. The number of aromatic nitrogens is 1. The van der Waals surface area contributed by atoms with Crippen LogP contribution in [0.5, 0.6) is 11.6 Å². The van der Waals surface area contributed by atoms with E-state index in [9.17, 15) is 4.79 Å². The average molecular weight is 298 g/mol. The van der Waals surface area contributed by atoms with Gasteiger partial charge in [0.2, 0.25) is 5.88 Å². The van der Waals surface area contributed by atoms with Crippen LogP contribution in [0.1, 0.15) is 16.1 Å². The van der Waals surface area contributed by atoms with E-state index < -0.39 is 5.97 Å². The number of aryl methyl sites for hydroxylation is 1. The van der Waals surface area contributed by atoms with Crippen molar-refractivity contribution in [1.82, 2.24) is 4.98 Å². The van der Waals surface area contributed by atoms with Crippen LogP contribution in [0.2, 0.25) is 10.0 Å². The molecule has 0 amide bonds. The molecule has 0 saturated heterocycles. The zero-order valence-corrected chi connectivity index (χ0v) is 11.4. The molecule has 0 aliphatic carbocycles. The number of hydrogen-bond acceptors (Lipinski definition) is 3. The van der Waals surface area contributed by atoms with Crippen LogP contribution < -0.4 is 4.74 Å². The number of hydrogen-bond donors (Lipinski definition) is 1. The molecule has 0 fully saturated rings. The molecule has 4 nitrogen and oxygen atoms in total. The molecule has 1 aromatic heterocycles. The minimum Gasteiger partial charge on any atom is -0.478 e. The second-order valence-electron chi connectivity index (χ2n) is 3.82. The Morgan fingerprint density at radius 2 is 2.00 bits per heavy atom. The highest BCUT2D eigenvalue weighted by Gasteiger charge is 2.10. The Hall–Kier alpha value is -1.78. The summed E-state index contributed by atoms with van der Waals surface area (Å²) in [5.41, 5.74) is 0.633. The summed E-state index contributed by atoms with van der Waals surface area (Å²) >= 11 is 11.8. The molecule has 1 aromatic carbocycles. The number of rotatable bonds is 3. The molecule has 2 aromatic rings. The van der Waals surface area contributed by atoms with E-state index in [2.05, 4.69) is 4.98 Å². The summed E-state index contributed by atoms with van der Waals surface area (Å²) in [5, 5.41) is 9.80. The third-order valence-corrected chi connectivity index (χ3v) is 2.83. The van der Waals surface area contributed by atoms with Gasteiger partial charge >= 0.3 is 5.97 Å². The molecule has 0 unspecified atom stereocenters. The fourth-order valence-corrected chi connectivity index (χ4v) is 1.80. The van der Waals surface area contributed by atoms with Gasteiger partial charge < -0.3 is 9.84 Å². The number of nitrogens with zero attached hydrogens (tertiary/aromatic N) is 1. The van der Waals surface area contributed by atoms with Gasteiger partial charge in [-0.25, -0.2) is 9.78 Å². The smallest absolute Gasteiger partial charge is 0.335 e. The summed E-state index contributed by atoms with van der Waals surface area (Å²) in [6, 6.07) is 7.53. The number of carbonyl (C=O) groups is 1. The molecule has 1 N–H and O–H groups in total. The summed E-state index contributed by atoms with van der Waals surface area (Å²) in [5.74, 6) is -0.572. The van der Waals surface area contributed by atoms with E-state index in [0.717, 1.165) is 0 Å². The van der Waals surface area contributed by atoms with Crippen molar-refractivity contribution in [2.45, 2.75) is 6.92 Å². The van der Waals surface area contributed by atoms with Gasteiger partial charge in [0.1, 0.15) is 5.75 Å². The molecular weight excluding hydrogens is 289 g/mol. The molecule has 0 aliphatic heterocycles. The van der Waals surface area contributed by atoms with Crippen LogP contribution >= 0.6 is 23.2 Å². The summed E-state index contributed by atoms with van der Waals surface area (Å²) in [6.45, 7) is 1.68. The lowest BCUT2D eigenvalue weighted by Gasteiger charge is -2.08. The van der Waals surface area contributed by atoms with Crippen LogP contribution in [0.3, 0.4) is 0 Å². The highest BCUT2D eigenvalue weighted by molar-refractivity contribution is 6.34. The van der Waals surface area contributed by atoms with E-state index in [1.807, 2.05) is 0 Å². The van der Waals surface area contributed by atoms with Gasteiger partial charge in [-0.15, -0.1) is 0 Å². The second kappa shape index (κ2) is 5.47. The highest BCUT2D eigenvalue weighted by Crippen LogP contribution is 2.31. The Labute approximate surface area is 119 Å². The Balaban J connectivity index is 2.38. The molecule has 2 rings (SSSR count). The van der Waals surface area contributed by atoms with E-state index in [4.69, 9.17) is 33.0 Å². The summed E-state index contributed by atoms with van der Waals surface area (Å²) in [7, 11) is 0. The van der Waals surface area contributed by atoms with Gasteiger partial charge in [-0.1, -0.05) is 23.2 Å². The lowest BCUT2D eigenvalue weighted by atomic mass is 10.2. The summed E-state index contributed by atoms with van der Waals surface area (Å²) < 4.78 is 5.47. The standard InChI is InChI=1S/C13H9Cl2NO3/c1-7-4-8(13(17)18)5-12(16-7)19-11-6-9(14)2-3-10(11)15/h2-6H,1H3,(H,17,18). The largest absolute Gasteiger partial charge is 0.478 e. The first kappa shape index (κ1) is 13.6. The maximum atomic E-state index is 10.9. The second-order valence-corrected chi connectivity index (χ2v) is 4.66. The molecule has 0 bridgehead atoms. The zero-order chi connectivity index (χ0) is 14.0. The quantitative estimate of drug-likeness (QED) is 0.923. The molecule has 6 heteroatoms. The number of carboxylic acids is 1. The van der Waals surface area contributed by atoms with Gasteiger partial charge in [-0.05, 0) is 25.1 Å². The van der Waals surface area contributed by atoms with Gasteiger partial charge in [0.15, 0.2) is 0 Å². The lowest BCUT2D eigenvalue weighted by Crippen LogP contribution is -2.00. The van der Waals surface area contributed by atoms with Crippen LogP contribution in [0, 0.1) is 6.92 Å². The fourth-order valence-electron chi connectivity index (χ4n) is 1.48. The van der Waals surface area contributed by atoms with E-state index in [-0.39, 0.29) is 11.4 Å². The maximum absolute atomic E-state index is 10.9. The van der Waals surface area contributed by atoms with Crippen LogP contribution in [0.4, 0.5) is 0 Å². The van der Waals surface area contributed by atoms with E-state index in [1.54, 1.807) is 19.1 Å². The predicted octanol–water partition coefficient (Wildman–Crippen LogP) is 4.19. The third kappa shape index (κ3) is 3.36. The number of aromatic carboxylic acids is 1. The van der Waals surface area contributed by atoms with Crippen molar-refractivity contribution in [2.24, 2.45) is 0 Å². The molecule has 0 aliphatic rings. The first-order chi connectivity index (χ1) is 8.95. The third-order valence-electron chi connectivity index (χ3n) is 2.28. The summed E-state index contributed by atoms with van der Waals surface area (Å²) in [6.07, 6.45) is 0.